The lowest BCUT2D eigenvalue weighted by Gasteiger charge is -2.35. The van der Waals surface area contributed by atoms with E-state index in [1.807, 2.05) is 16.3 Å². The molecular formula is C17H16F3N5S. The van der Waals surface area contributed by atoms with Gasteiger partial charge >= 0.3 is 6.18 Å². The predicted octanol–water partition coefficient (Wildman–Crippen LogP) is 3.43. The van der Waals surface area contributed by atoms with Gasteiger partial charge in [-0.3, -0.25) is 9.88 Å². The van der Waals surface area contributed by atoms with Crippen molar-refractivity contribution in [3.05, 3.63) is 47.4 Å². The second kappa shape index (κ2) is 6.81. The summed E-state index contributed by atoms with van der Waals surface area (Å²) in [7, 11) is 0. The number of thiophene rings is 1. The summed E-state index contributed by atoms with van der Waals surface area (Å²) < 4.78 is 39.3. The molecule has 0 unspecified atom stereocenters. The zero-order valence-corrected chi connectivity index (χ0v) is 14.6. The maximum Gasteiger partial charge on any atom is 0.433 e. The van der Waals surface area contributed by atoms with E-state index >= 15 is 0 Å². The highest BCUT2D eigenvalue weighted by molar-refractivity contribution is 7.16. The summed E-state index contributed by atoms with van der Waals surface area (Å²) in [4.78, 5) is 17.3. The van der Waals surface area contributed by atoms with Crippen LogP contribution in [0, 0.1) is 0 Å². The first-order valence-electron chi connectivity index (χ1n) is 8.19. The summed E-state index contributed by atoms with van der Waals surface area (Å²) in [5.74, 6) is 0.897. The Kier molecular flexibility index (Phi) is 4.49. The number of aromatic nitrogens is 3. The van der Waals surface area contributed by atoms with E-state index in [-0.39, 0.29) is 12.1 Å². The summed E-state index contributed by atoms with van der Waals surface area (Å²) in [6.45, 7) is 3.00. The van der Waals surface area contributed by atoms with Gasteiger partial charge in [-0.15, -0.1) is 11.3 Å². The van der Waals surface area contributed by atoms with Crippen LogP contribution >= 0.6 is 11.3 Å². The number of halogens is 3. The molecule has 1 fully saturated rings. The van der Waals surface area contributed by atoms with Gasteiger partial charge in [0.05, 0.1) is 5.39 Å². The number of piperazine rings is 1. The average molecular weight is 379 g/mol. The highest BCUT2D eigenvalue weighted by atomic mass is 32.1. The van der Waals surface area contributed by atoms with Crippen LogP contribution in [-0.4, -0.2) is 46.0 Å². The van der Waals surface area contributed by atoms with E-state index in [4.69, 9.17) is 0 Å². The molecule has 1 aliphatic heterocycles. The quantitative estimate of drug-likeness (QED) is 0.698. The van der Waals surface area contributed by atoms with Crippen LogP contribution in [0.1, 0.15) is 11.3 Å². The van der Waals surface area contributed by atoms with Gasteiger partial charge in [0.25, 0.3) is 0 Å². The van der Waals surface area contributed by atoms with Crippen LogP contribution in [0.3, 0.4) is 0 Å². The highest BCUT2D eigenvalue weighted by Crippen LogP contribution is 2.31. The van der Waals surface area contributed by atoms with Crippen molar-refractivity contribution in [2.45, 2.75) is 12.7 Å². The molecule has 26 heavy (non-hydrogen) atoms. The van der Waals surface area contributed by atoms with Crippen LogP contribution < -0.4 is 4.90 Å². The Morgan fingerprint density at radius 2 is 1.85 bits per heavy atom. The molecule has 5 nitrogen and oxygen atoms in total. The van der Waals surface area contributed by atoms with Crippen molar-refractivity contribution in [2.75, 3.05) is 31.1 Å². The van der Waals surface area contributed by atoms with Crippen molar-refractivity contribution in [1.29, 1.82) is 0 Å². The lowest BCUT2D eigenvalue weighted by atomic mass is 10.1. The third-order valence-electron chi connectivity index (χ3n) is 4.47. The molecule has 9 heteroatoms. The number of alkyl halides is 3. The van der Waals surface area contributed by atoms with Crippen LogP contribution in [0.5, 0.6) is 0 Å². The minimum atomic E-state index is -4.43. The molecule has 136 valence electrons. The third kappa shape index (κ3) is 3.36. The van der Waals surface area contributed by atoms with Crippen LogP contribution in [0.25, 0.3) is 10.2 Å². The van der Waals surface area contributed by atoms with Crippen LogP contribution in [0.15, 0.2) is 36.1 Å². The molecule has 1 aliphatic rings. The number of anilines is 1. The second-order valence-electron chi connectivity index (χ2n) is 6.11. The second-order valence-corrected chi connectivity index (χ2v) is 7.00. The van der Waals surface area contributed by atoms with Crippen molar-refractivity contribution in [2.24, 2.45) is 0 Å². The minimum Gasteiger partial charge on any atom is -0.353 e. The first-order valence-corrected chi connectivity index (χ1v) is 9.07. The molecule has 1 saturated heterocycles. The van der Waals surface area contributed by atoms with Crippen molar-refractivity contribution < 1.29 is 13.2 Å². The Labute approximate surface area is 152 Å². The summed E-state index contributed by atoms with van der Waals surface area (Å²) in [6, 6.07) is 5.06. The van der Waals surface area contributed by atoms with E-state index in [0.717, 1.165) is 16.0 Å². The Hall–Kier alpha value is -2.26. The molecule has 4 heterocycles. The van der Waals surface area contributed by atoms with Crippen molar-refractivity contribution in [1.82, 2.24) is 19.9 Å². The fourth-order valence-electron chi connectivity index (χ4n) is 3.21. The number of fused-ring (bicyclic) bond motifs is 1. The summed E-state index contributed by atoms with van der Waals surface area (Å²) in [6.07, 6.45) is -1.68. The van der Waals surface area contributed by atoms with Gasteiger partial charge in [-0.2, -0.15) is 13.2 Å². The molecule has 0 spiro atoms. The lowest BCUT2D eigenvalue weighted by molar-refractivity contribution is -0.142. The molecule has 4 rings (SSSR count). The van der Waals surface area contributed by atoms with Crippen LogP contribution in [-0.2, 0) is 12.7 Å². The van der Waals surface area contributed by atoms with Crippen molar-refractivity contribution in [3.8, 4) is 0 Å². The van der Waals surface area contributed by atoms with Gasteiger partial charge in [-0.05, 0) is 23.1 Å². The van der Waals surface area contributed by atoms with E-state index < -0.39 is 11.9 Å². The highest BCUT2D eigenvalue weighted by Gasteiger charge is 2.35. The standard InChI is InChI=1S/C17H16F3N5S/c18-17(19,20)14-12(2-1-4-21-14)10-24-5-7-25(8-6-24)15-13-3-9-26-16(13)23-11-22-15/h1-4,9,11H,5-8,10H2. The Balaban J connectivity index is 1.46. The predicted molar refractivity (Wildman–Crippen MR) is 94.1 cm³/mol. The third-order valence-corrected chi connectivity index (χ3v) is 5.29. The molecular weight excluding hydrogens is 363 g/mol. The first-order chi connectivity index (χ1) is 12.5. The fraction of sp³-hybridized carbons (Fsp3) is 0.353. The normalized spacial score (nSPS) is 16.3. The van der Waals surface area contributed by atoms with Gasteiger partial charge in [0.15, 0.2) is 0 Å². The molecule has 0 radical (unpaired) electrons. The smallest absolute Gasteiger partial charge is 0.353 e. The van der Waals surface area contributed by atoms with E-state index in [0.29, 0.717) is 26.2 Å². The van der Waals surface area contributed by atoms with Crippen LogP contribution in [0.4, 0.5) is 19.0 Å². The van der Waals surface area contributed by atoms with Gasteiger partial charge < -0.3 is 4.90 Å². The van der Waals surface area contributed by atoms with Gasteiger partial charge in [-0.1, -0.05) is 6.07 Å². The molecule has 0 aliphatic carbocycles. The summed E-state index contributed by atoms with van der Waals surface area (Å²) >= 11 is 1.57. The van der Waals surface area contributed by atoms with E-state index in [1.165, 1.54) is 12.3 Å². The molecule has 0 aromatic carbocycles. The monoisotopic (exact) mass is 379 g/mol. The largest absolute Gasteiger partial charge is 0.433 e. The summed E-state index contributed by atoms with van der Waals surface area (Å²) in [5.41, 5.74) is -0.575. The van der Waals surface area contributed by atoms with Gasteiger partial charge in [0, 0.05) is 38.9 Å². The fourth-order valence-corrected chi connectivity index (χ4v) is 3.94. The summed E-state index contributed by atoms with van der Waals surface area (Å²) in [5, 5.41) is 3.01. The Morgan fingerprint density at radius 1 is 1.04 bits per heavy atom. The Bertz CT molecular complexity index is 903. The van der Waals surface area contributed by atoms with Gasteiger partial charge in [0.2, 0.25) is 0 Å². The van der Waals surface area contributed by atoms with Gasteiger partial charge in [0.1, 0.15) is 22.7 Å². The first kappa shape index (κ1) is 17.2. The molecule has 0 atom stereocenters. The number of rotatable bonds is 3. The SMILES string of the molecule is FC(F)(F)c1ncccc1CN1CCN(c2ncnc3sccc23)CC1. The lowest BCUT2D eigenvalue weighted by Crippen LogP contribution is -2.46. The zero-order chi connectivity index (χ0) is 18.1. The minimum absolute atomic E-state index is 0.218. The maximum atomic E-state index is 13.1. The molecule has 3 aromatic heterocycles. The number of pyridine rings is 1. The molecule has 0 N–H and O–H groups in total. The zero-order valence-electron chi connectivity index (χ0n) is 13.8. The van der Waals surface area contributed by atoms with E-state index in [2.05, 4.69) is 19.9 Å². The number of hydrogen-bond acceptors (Lipinski definition) is 6. The van der Waals surface area contributed by atoms with Crippen LogP contribution in [0.2, 0.25) is 0 Å². The molecule has 3 aromatic rings. The average Bonchev–Trinajstić information content (AvgIpc) is 3.11. The van der Waals surface area contributed by atoms with Crippen molar-refractivity contribution >= 4 is 27.4 Å². The maximum absolute atomic E-state index is 13.1. The van der Waals surface area contributed by atoms with Gasteiger partial charge in [-0.25, -0.2) is 9.97 Å². The molecule has 0 amide bonds. The van der Waals surface area contributed by atoms with E-state index in [1.54, 1.807) is 23.7 Å². The molecule has 0 saturated carbocycles. The van der Waals surface area contributed by atoms with Crippen molar-refractivity contribution in [3.63, 3.8) is 0 Å². The number of hydrogen-bond donors (Lipinski definition) is 0. The Morgan fingerprint density at radius 3 is 2.62 bits per heavy atom. The number of nitrogens with zero attached hydrogens (tertiary/aromatic N) is 5. The molecule has 0 bridgehead atoms. The topological polar surface area (TPSA) is 45.2 Å². The van der Waals surface area contributed by atoms with E-state index in [9.17, 15) is 13.2 Å².